The number of Topliss-reactive ketones (excluding diaryl/α,β-unsaturated/α-hetero) is 1. The molecule has 3 aliphatic heterocycles. The Morgan fingerprint density at radius 1 is 1.10 bits per heavy atom. The van der Waals surface area contributed by atoms with E-state index in [1.165, 1.54) is 29.8 Å². The van der Waals surface area contributed by atoms with Gasteiger partial charge in [-0.2, -0.15) is 13.2 Å². The van der Waals surface area contributed by atoms with Gasteiger partial charge in [-0.15, -0.1) is 11.3 Å². The number of likely N-dealkylation sites (tertiary alicyclic amines) is 1. The Balaban J connectivity index is 0.00000451. The maximum absolute atomic E-state index is 14.3. The number of carbonyl (C=O) groups is 2. The number of aliphatic carboxylic acids is 1. The number of benzene rings is 1. The summed E-state index contributed by atoms with van der Waals surface area (Å²) < 4.78 is 53.8. The van der Waals surface area contributed by atoms with Crippen molar-refractivity contribution in [2.45, 2.75) is 76.7 Å². The number of aromatic nitrogens is 3. The summed E-state index contributed by atoms with van der Waals surface area (Å²) in [5.41, 5.74) is 0.0302. The maximum Gasteiger partial charge on any atom is 1.00 e. The van der Waals surface area contributed by atoms with Crippen molar-refractivity contribution in [2.24, 2.45) is 5.92 Å². The number of anilines is 1. The molecule has 48 heavy (non-hydrogen) atoms. The maximum atomic E-state index is 14.3. The average Bonchev–Trinajstić information content (AvgIpc) is 3.83. The van der Waals surface area contributed by atoms with E-state index in [0.29, 0.717) is 73.6 Å². The van der Waals surface area contributed by atoms with Crippen LogP contribution in [-0.2, 0) is 28.7 Å². The Hall–Kier alpha value is -2.62. The normalized spacial score (nSPS) is 20.5. The van der Waals surface area contributed by atoms with Gasteiger partial charge in [0.2, 0.25) is 0 Å². The van der Waals surface area contributed by atoms with Crippen LogP contribution < -0.4 is 44.3 Å². The molecule has 252 valence electrons. The molecule has 5 heterocycles. The second-order valence-electron chi connectivity index (χ2n) is 12.3. The first kappa shape index (κ1) is 36.7. The zero-order valence-electron chi connectivity index (χ0n) is 27.1. The van der Waals surface area contributed by atoms with Crippen LogP contribution in [0.1, 0.15) is 71.4 Å². The number of carbonyl (C=O) groups excluding carboxylic acids is 2. The third-order valence-electron chi connectivity index (χ3n) is 9.19. The van der Waals surface area contributed by atoms with Gasteiger partial charge >= 0.3 is 35.7 Å². The molecule has 6 rings (SSSR count). The van der Waals surface area contributed by atoms with E-state index in [1.807, 2.05) is 4.90 Å². The van der Waals surface area contributed by atoms with Crippen LogP contribution in [0.15, 0.2) is 30.6 Å². The summed E-state index contributed by atoms with van der Waals surface area (Å²) in [5.74, 6) is -1.51. The number of carboxylic acids is 1. The summed E-state index contributed by atoms with van der Waals surface area (Å²) in [4.78, 5) is 43.0. The van der Waals surface area contributed by atoms with Crippen molar-refractivity contribution in [1.29, 1.82) is 0 Å². The quantitative estimate of drug-likeness (QED) is 0.216. The number of thiazole rings is 1. The van der Waals surface area contributed by atoms with Crippen LogP contribution in [0.2, 0.25) is 0 Å². The largest absolute Gasteiger partial charge is 1.00 e. The zero-order chi connectivity index (χ0) is 33.1. The fourth-order valence-corrected chi connectivity index (χ4v) is 7.66. The van der Waals surface area contributed by atoms with Crippen molar-refractivity contribution in [1.82, 2.24) is 19.9 Å². The molecule has 3 fully saturated rings. The smallest absolute Gasteiger partial charge is 0.550 e. The van der Waals surface area contributed by atoms with Crippen molar-refractivity contribution in [3.63, 3.8) is 0 Å². The number of ketones is 1. The van der Waals surface area contributed by atoms with Crippen molar-refractivity contribution >= 4 is 28.9 Å². The number of piperidine rings is 1. The minimum atomic E-state index is -4.64. The molecule has 15 heteroatoms. The van der Waals surface area contributed by atoms with Gasteiger partial charge in [0.05, 0.1) is 43.3 Å². The Labute approximate surface area is 303 Å². The number of rotatable bonds is 11. The minimum absolute atomic E-state index is 0. The van der Waals surface area contributed by atoms with Crippen LogP contribution >= 0.6 is 11.3 Å². The van der Waals surface area contributed by atoms with Crippen molar-refractivity contribution in [2.75, 3.05) is 37.7 Å². The van der Waals surface area contributed by atoms with Gasteiger partial charge in [0.15, 0.2) is 5.78 Å². The van der Waals surface area contributed by atoms with E-state index in [9.17, 15) is 27.9 Å². The molecule has 0 N–H and O–H groups in total. The monoisotopic (exact) mass is 695 g/mol. The van der Waals surface area contributed by atoms with Crippen LogP contribution in [0, 0.1) is 5.92 Å². The van der Waals surface area contributed by atoms with Crippen LogP contribution in [0.4, 0.5) is 19.0 Å². The third kappa shape index (κ3) is 8.56. The predicted octanol–water partition coefficient (Wildman–Crippen LogP) is 1.56. The summed E-state index contributed by atoms with van der Waals surface area (Å²) in [7, 11) is 0. The molecular formula is C33H37F3N5NaO5S. The van der Waals surface area contributed by atoms with Crippen LogP contribution in [0.5, 0.6) is 5.75 Å². The van der Waals surface area contributed by atoms with Gasteiger partial charge in [-0.25, -0.2) is 15.0 Å². The molecule has 0 bridgehead atoms. The Morgan fingerprint density at radius 3 is 2.54 bits per heavy atom. The molecule has 0 saturated carbocycles. The van der Waals surface area contributed by atoms with E-state index in [-0.39, 0.29) is 59.8 Å². The standard InChI is InChI=1S/C33H38F3N5O5S.Na/c1-2-22-4-3-10-41(22)18-28-31(21-5-6-27(24(14-21)33(34,35)36)46-23-9-13-45-19-23)39-30(47-28)15-26(42)25-16-38-29(17-37-25)40-11-7-20(8-12-40)32(43)44;/h5-6,14,16-17,20,22-23H,2-4,7-13,15,18-19H2,1H3,(H,43,44);/q;+1/p-1/t22-,23+;/m1./s1. The Bertz CT molecular complexity index is 1580. The average molecular weight is 696 g/mol. The van der Waals surface area contributed by atoms with Gasteiger partial charge in [0.25, 0.3) is 0 Å². The first-order valence-electron chi connectivity index (χ1n) is 16.1. The van der Waals surface area contributed by atoms with E-state index < -0.39 is 29.7 Å². The summed E-state index contributed by atoms with van der Waals surface area (Å²) in [6.45, 7) is 5.25. The number of hydrogen-bond donors (Lipinski definition) is 0. The molecular weight excluding hydrogens is 658 g/mol. The first-order valence-corrected chi connectivity index (χ1v) is 16.9. The summed E-state index contributed by atoms with van der Waals surface area (Å²) in [6.07, 6.45) is 2.26. The molecule has 0 aliphatic carbocycles. The predicted molar refractivity (Wildman–Crippen MR) is 166 cm³/mol. The van der Waals surface area contributed by atoms with Crippen LogP contribution in [0.25, 0.3) is 11.3 Å². The number of nitrogens with zero attached hydrogens (tertiary/aromatic N) is 5. The van der Waals surface area contributed by atoms with Crippen LogP contribution in [-0.4, -0.2) is 76.6 Å². The third-order valence-corrected chi connectivity index (χ3v) is 10.2. The van der Waals surface area contributed by atoms with Gasteiger partial charge in [-0.05, 0) is 56.8 Å². The van der Waals surface area contributed by atoms with Crippen LogP contribution in [0.3, 0.4) is 0 Å². The number of hydrogen-bond acceptors (Lipinski definition) is 11. The molecule has 3 saturated heterocycles. The van der Waals surface area contributed by atoms with E-state index >= 15 is 0 Å². The first-order chi connectivity index (χ1) is 22.6. The van der Waals surface area contributed by atoms with E-state index in [0.717, 1.165) is 36.8 Å². The van der Waals surface area contributed by atoms with Gasteiger partial charge in [-0.1, -0.05) is 6.92 Å². The van der Waals surface area contributed by atoms with E-state index in [1.54, 1.807) is 6.07 Å². The van der Waals surface area contributed by atoms with Gasteiger partial charge in [-0.3, -0.25) is 9.69 Å². The summed E-state index contributed by atoms with van der Waals surface area (Å²) in [5, 5.41) is 11.6. The summed E-state index contributed by atoms with van der Waals surface area (Å²) >= 11 is 1.34. The SMILES string of the molecule is CC[C@@H]1CCCN1Cc1sc(CC(=O)c2cnc(N3CCC(C(=O)[O-])CC3)cn2)nc1-c1ccc(O[C@H]2CCOC2)c(C(F)(F)F)c1.[Na+]. The number of ether oxygens (including phenoxy) is 2. The Morgan fingerprint density at radius 2 is 1.90 bits per heavy atom. The molecule has 2 atom stereocenters. The van der Waals surface area contributed by atoms with Crippen molar-refractivity contribution in [3.05, 3.63) is 51.7 Å². The molecule has 0 spiro atoms. The molecule has 2 aromatic heterocycles. The summed E-state index contributed by atoms with van der Waals surface area (Å²) in [6, 6.07) is 4.43. The topological polar surface area (TPSA) is 121 Å². The molecule has 3 aromatic rings. The van der Waals surface area contributed by atoms with E-state index in [4.69, 9.17) is 14.5 Å². The molecule has 3 aliphatic rings. The van der Waals surface area contributed by atoms with E-state index in [2.05, 4.69) is 21.8 Å². The molecule has 1 aromatic carbocycles. The van der Waals surface area contributed by atoms with Crippen molar-refractivity contribution < 1.29 is 66.9 Å². The molecule has 0 unspecified atom stereocenters. The second-order valence-corrected chi connectivity index (χ2v) is 13.5. The minimum Gasteiger partial charge on any atom is -0.550 e. The second kappa shape index (κ2) is 15.9. The number of carboxylic acid groups (broad SMARTS) is 1. The number of alkyl halides is 3. The Kier molecular flexibility index (Phi) is 12.2. The fourth-order valence-electron chi connectivity index (χ4n) is 6.55. The molecule has 10 nitrogen and oxygen atoms in total. The van der Waals surface area contributed by atoms with Gasteiger partial charge in [0.1, 0.15) is 28.4 Å². The van der Waals surface area contributed by atoms with Gasteiger partial charge in [0, 0.05) is 54.4 Å². The van der Waals surface area contributed by atoms with Gasteiger partial charge < -0.3 is 24.3 Å². The molecule has 0 amide bonds. The fraction of sp³-hybridized carbons (Fsp3) is 0.545. The van der Waals surface area contributed by atoms with Crippen molar-refractivity contribution in [3.8, 4) is 17.0 Å². The zero-order valence-corrected chi connectivity index (χ0v) is 29.9. The number of halogens is 3. The molecule has 0 radical (unpaired) electrons.